The standard InChI is InChI=1S/C51H91NO7/c1-6-8-10-12-14-16-18-20-22-24-26-28-30-32-34-36-38-40-42-50(54)59-47(45-57-44-43-48(51(55)56)52(3,4)5)46-58-49(53)41-39-37-35-33-31-29-27-25-23-21-19-17-15-13-11-9-7-2/h15,17,21,23,27,29,33,35,47-48H,6-14,16,18-20,22,24-26,28,30-32,34,36-46H2,1-5H3/p+1/b17-15+,23-21+,29-27+,35-33+. The minimum absolute atomic E-state index is 0.0455. The molecule has 8 heteroatoms. The van der Waals surface area contributed by atoms with Crippen molar-refractivity contribution in [2.24, 2.45) is 0 Å². The molecule has 342 valence electrons. The Hall–Kier alpha value is -2.71. The Balaban J connectivity index is 4.36. The molecule has 8 nitrogen and oxygen atoms in total. The van der Waals surface area contributed by atoms with E-state index in [4.69, 9.17) is 14.2 Å². The Labute approximate surface area is 363 Å². The second kappa shape index (κ2) is 42.0. The average molecular weight is 831 g/mol. The third kappa shape index (κ3) is 40.5. The maximum Gasteiger partial charge on any atom is 0.362 e. The van der Waals surface area contributed by atoms with Crippen molar-refractivity contribution in [3.8, 4) is 0 Å². The highest BCUT2D eigenvalue weighted by Crippen LogP contribution is 2.16. The number of carbonyl (C=O) groups excluding carboxylic acids is 2. The van der Waals surface area contributed by atoms with Gasteiger partial charge in [-0.15, -0.1) is 0 Å². The van der Waals surface area contributed by atoms with Gasteiger partial charge in [-0.3, -0.25) is 9.59 Å². The summed E-state index contributed by atoms with van der Waals surface area (Å²) in [5.74, 6) is -1.53. The topological polar surface area (TPSA) is 99.1 Å². The number of rotatable bonds is 43. The minimum atomic E-state index is -0.881. The number of aliphatic carboxylic acids is 1. The summed E-state index contributed by atoms with van der Waals surface area (Å²) in [7, 11) is 5.52. The van der Waals surface area contributed by atoms with Gasteiger partial charge in [0, 0.05) is 19.3 Å². The SMILES string of the molecule is CCCCC/C=C/C/C=C/C/C=C/C/C=C/CCCC(=O)OCC(COCCC(C(=O)O)[N+](C)(C)C)OC(=O)CCCCCCCCCCCCCCCCCCCC. The zero-order valence-electron chi connectivity index (χ0n) is 39.0. The van der Waals surface area contributed by atoms with Gasteiger partial charge in [-0.25, -0.2) is 4.79 Å². The highest BCUT2D eigenvalue weighted by molar-refractivity contribution is 5.72. The molecule has 0 aromatic carbocycles. The number of esters is 2. The summed E-state index contributed by atoms with van der Waals surface area (Å²) >= 11 is 0. The van der Waals surface area contributed by atoms with E-state index in [2.05, 4.69) is 62.5 Å². The smallest absolute Gasteiger partial charge is 0.362 e. The number of carboxylic acids is 1. The van der Waals surface area contributed by atoms with E-state index < -0.39 is 18.1 Å². The minimum Gasteiger partial charge on any atom is -0.477 e. The molecule has 0 aliphatic heterocycles. The van der Waals surface area contributed by atoms with E-state index in [9.17, 15) is 19.5 Å². The average Bonchev–Trinajstić information content (AvgIpc) is 3.19. The lowest BCUT2D eigenvalue weighted by Crippen LogP contribution is -2.50. The Morgan fingerprint density at radius 1 is 0.508 bits per heavy atom. The molecule has 1 N–H and O–H groups in total. The van der Waals surface area contributed by atoms with Crippen LogP contribution in [-0.4, -0.2) is 80.6 Å². The first-order chi connectivity index (χ1) is 28.6. The summed E-state index contributed by atoms with van der Waals surface area (Å²) in [6.45, 7) is 4.67. The van der Waals surface area contributed by atoms with Crippen molar-refractivity contribution >= 4 is 17.9 Å². The van der Waals surface area contributed by atoms with Gasteiger partial charge in [-0.1, -0.05) is 184 Å². The van der Waals surface area contributed by atoms with Crippen LogP contribution in [0.4, 0.5) is 0 Å². The van der Waals surface area contributed by atoms with E-state index in [1.807, 2.05) is 21.1 Å². The fraction of sp³-hybridized carbons (Fsp3) is 0.784. The van der Waals surface area contributed by atoms with Crippen LogP contribution in [-0.2, 0) is 28.6 Å². The van der Waals surface area contributed by atoms with Crippen molar-refractivity contribution in [2.75, 3.05) is 41.0 Å². The Morgan fingerprint density at radius 3 is 1.37 bits per heavy atom. The second-order valence-electron chi connectivity index (χ2n) is 17.4. The van der Waals surface area contributed by atoms with Gasteiger partial charge in [0.2, 0.25) is 0 Å². The summed E-state index contributed by atoms with van der Waals surface area (Å²) < 4.78 is 17.3. The lowest BCUT2D eigenvalue weighted by atomic mass is 10.0. The fourth-order valence-corrected chi connectivity index (χ4v) is 6.97. The van der Waals surface area contributed by atoms with E-state index in [-0.39, 0.29) is 42.7 Å². The van der Waals surface area contributed by atoms with Crippen molar-refractivity contribution in [1.29, 1.82) is 0 Å². The fourth-order valence-electron chi connectivity index (χ4n) is 6.97. The monoisotopic (exact) mass is 831 g/mol. The molecule has 0 aromatic heterocycles. The zero-order valence-corrected chi connectivity index (χ0v) is 39.0. The molecule has 0 aliphatic rings. The number of allylic oxidation sites excluding steroid dienone is 8. The third-order valence-electron chi connectivity index (χ3n) is 10.7. The number of hydrogen-bond acceptors (Lipinski definition) is 6. The second-order valence-corrected chi connectivity index (χ2v) is 17.4. The van der Waals surface area contributed by atoms with Crippen LogP contribution in [0.2, 0.25) is 0 Å². The molecule has 2 atom stereocenters. The van der Waals surface area contributed by atoms with Gasteiger partial charge in [0.25, 0.3) is 0 Å². The molecule has 0 bridgehead atoms. The molecule has 2 unspecified atom stereocenters. The van der Waals surface area contributed by atoms with E-state index in [0.29, 0.717) is 19.3 Å². The number of likely N-dealkylation sites (N-methyl/N-ethyl adjacent to an activating group) is 1. The van der Waals surface area contributed by atoms with Gasteiger partial charge < -0.3 is 23.8 Å². The highest BCUT2D eigenvalue weighted by Gasteiger charge is 2.31. The first-order valence-electron chi connectivity index (χ1n) is 24.2. The van der Waals surface area contributed by atoms with Crippen LogP contribution in [0, 0.1) is 0 Å². The van der Waals surface area contributed by atoms with Crippen molar-refractivity contribution in [3.63, 3.8) is 0 Å². The van der Waals surface area contributed by atoms with Crippen LogP contribution in [0.3, 0.4) is 0 Å². The van der Waals surface area contributed by atoms with Crippen molar-refractivity contribution in [3.05, 3.63) is 48.6 Å². The number of unbranched alkanes of at least 4 members (excludes halogenated alkanes) is 21. The van der Waals surface area contributed by atoms with Crippen LogP contribution in [0.1, 0.15) is 206 Å². The van der Waals surface area contributed by atoms with Crippen molar-refractivity contribution < 1.29 is 38.2 Å². The first-order valence-corrected chi connectivity index (χ1v) is 24.2. The molecule has 59 heavy (non-hydrogen) atoms. The van der Waals surface area contributed by atoms with Crippen molar-refractivity contribution in [1.82, 2.24) is 0 Å². The van der Waals surface area contributed by atoms with Gasteiger partial charge in [0.15, 0.2) is 12.1 Å². The molecule has 0 amide bonds. The molecule has 0 saturated carbocycles. The van der Waals surface area contributed by atoms with Crippen molar-refractivity contribution in [2.45, 2.75) is 219 Å². The molecule has 0 heterocycles. The number of nitrogens with zero attached hydrogens (tertiary/aromatic N) is 1. The van der Waals surface area contributed by atoms with Gasteiger partial charge in [0.1, 0.15) is 6.61 Å². The van der Waals surface area contributed by atoms with E-state index in [1.54, 1.807) is 0 Å². The summed E-state index contributed by atoms with van der Waals surface area (Å²) in [5.41, 5.74) is 0. The lowest BCUT2D eigenvalue weighted by molar-refractivity contribution is -0.887. The first kappa shape index (κ1) is 56.3. The predicted octanol–water partition coefficient (Wildman–Crippen LogP) is 13.6. The van der Waals surface area contributed by atoms with Crippen LogP contribution < -0.4 is 0 Å². The largest absolute Gasteiger partial charge is 0.477 e. The molecule has 0 radical (unpaired) electrons. The number of carbonyl (C=O) groups is 3. The van der Waals surface area contributed by atoms with Crippen LogP contribution in [0.25, 0.3) is 0 Å². The normalized spacial score (nSPS) is 13.3. The van der Waals surface area contributed by atoms with Crippen LogP contribution in [0.15, 0.2) is 48.6 Å². The van der Waals surface area contributed by atoms with Gasteiger partial charge in [-0.05, 0) is 51.4 Å². The molecular formula is C51H92NO7+. The van der Waals surface area contributed by atoms with E-state index in [0.717, 1.165) is 44.9 Å². The Morgan fingerprint density at radius 2 is 0.915 bits per heavy atom. The Bertz CT molecular complexity index is 1110. The zero-order chi connectivity index (χ0) is 43.5. The molecule has 0 spiro atoms. The van der Waals surface area contributed by atoms with Gasteiger partial charge in [0.05, 0.1) is 34.4 Å². The van der Waals surface area contributed by atoms with E-state index >= 15 is 0 Å². The molecule has 0 saturated heterocycles. The highest BCUT2D eigenvalue weighted by atomic mass is 16.6. The lowest BCUT2D eigenvalue weighted by Gasteiger charge is -2.31. The number of quaternary nitrogens is 1. The quantitative estimate of drug-likeness (QED) is 0.0283. The Kier molecular flexibility index (Phi) is 40.1. The molecule has 0 aromatic rings. The van der Waals surface area contributed by atoms with E-state index in [1.165, 1.54) is 122 Å². The molecule has 0 fully saturated rings. The van der Waals surface area contributed by atoms with Gasteiger partial charge in [-0.2, -0.15) is 0 Å². The number of carboxylic acid groups (broad SMARTS) is 1. The maximum absolute atomic E-state index is 12.8. The number of hydrogen-bond donors (Lipinski definition) is 1. The molecule has 0 aliphatic carbocycles. The molecule has 0 rings (SSSR count). The van der Waals surface area contributed by atoms with Crippen LogP contribution >= 0.6 is 0 Å². The maximum atomic E-state index is 12.8. The van der Waals surface area contributed by atoms with Crippen LogP contribution in [0.5, 0.6) is 0 Å². The summed E-state index contributed by atoms with van der Waals surface area (Å²) in [6.07, 6.45) is 50.2. The number of ether oxygens (including phenoxy) is 3. The summed E-state index contributed by atoms with van der Waals surface area (Å²) in [5, 5.41) is 9.63. The summed E-state index contributed by atoms with van der Waals surface area (Å²) in [6, 6.07) is -0.622. The van der Waals surface area contributed by atoms with Gasteiger partial charge >= 0.3 is 17.9 Å². The predicted molar refractivity (Wildman–Crippen MR) is 248 cm³/mol. The third-order valence-corrected chi connectivity index (χ3v) is 10.7. The summed E-state index contributed by atoms with van der Waals surface area (Å²) in [4.78, 5) is 37.0. The molecular weight excluding hydrogens is 739 g/mol.